The number of aromatic hydroxyl groups is 1. The maximum Gasteiger partial charge on any atom is 0.120 e. The van der Waals surface area contributed by atoms with Crippen molar-refractivity contribution in [2.75, 3.05) is 0 Å². The summed E-state index contributed by atoms with van der Waals surface area (Å²) in [6.45, 7) is 2.00. The van der Waals surface area contributed by atoms with Crippen LogP contribution in [0, 0.1) is 11.3 Å². The molecular formula is C11H9NOS. The molecule has 0 radical (unpaired) electrons. The molecule has 1 aromatic carbocycles. The van der Waals surface area contributed by atoms with Crippen molar-refractivity contribution in [3.05, 3.63) is 28.6 Å². The van der Waals surface area contributed by atoms with E-state index in [0.717, 1.165) is 22.1 Å². The average molecular weight is 203 g/mol. The Kier molecular flexibility index (Phi) is 2.14. The average Bonchev–Trinajstić information content (AvgIpc) is 2.65. The van der Waals surface area contributed by atoms with E-state index in [0.29, 0.717) is 5.56 Å². The van der Waals surface area contributed by atoms with Gasteiger partial charge in [0.15, 0.2) is 0 Å². The molecule has 0 atom stereocenters. The van der Waals surface area contributed by atoms with E-state index in [1.807, 2.05) is 18.4 Å². The summed E-state index contributed by atoms with van der Waals surface area (Å²) in [6, 6.07) is 5.61. The van der Waals surface area contributed by atoms with Crippen molar-refractivity contribution in [3.8, 4) is 11.8 Å². The molecule has 0 fully saturated rings. The number of rotatable bonds is 1. The molecule has 2 nitrogen and oxygen atoms in total. The lowest BCUT2D eigenvalue weighted by Gasteiger charge is -2.04. The summed E-state index contributed by atoms with van der Waals surface area (Å²) in [6.07, 6.45) is 0.783. The number of hydrogen-bond acceptors (Lipinski definition) is 3. The summed E-state index contributed by atoms with van der Waals surface area (Å²) >= 11 is 1.54. The molecule has 70 valence electrons. The van der Waals surface area contributed by atoms with Gasteiger partial charge in [0, 0.05) is 10.9 Å². The van der Waals surface area contributed by atoms with Gasteiger partial charge in [0.05, 0.1) is 10.3 Å². The SMILES string of the molecule is CCc1c(O)cc(C#N)c2sccc12. The van der Waals surface area contributed by atoms with E-state index < -0.39 is 0 Å². The number of thiophene rings is 1. The highest BCUT2D eigenvalue weighted by molar-refractivity contribution is 7.17. The highest BCUT2D eigenvalue weighted by Gasteiger charge is 2.10. The molecule has 2 aromatic rings. The number of benzene rings is 1. The molecule has 1 aromatic heterocycles. The molecule has 0 aliphatic carbocycles. The van der Waals surface area contributed by atoms with Crippen molar-refractivity contribution in [1.29, 1.82) is 5.26 Å². The number of nitriles is 1. The van der Waals surface area contributed by atoms with E-state index in [1.54, 1.807) is 17.4 Å². The van der Waals surface area contributed by atoms with E-state index in [9.17, 15) is 5.11 Å². The maximum atomic E-state index is 9.69. The first-order valence-corrected chi connectivity index (χ1v) is 5.28. The molecular weight excluding hydrogens is 194 g/mol. The van der Waals surface area contributed by atoms with Crippen LogP contribution in [0.4, 0.5) is 0 Å². The quantitative estimate of drug-likeness (QED) is 0.774. The normalized spacial score (nSPS) is 10.3. The van der Waals surface area contributed by atoms with Gasteiger partial charge in [-0.25, -0.2) is 0 Å². The second-order valence-electron chi connectivity index (χ2n) is 3.05. The van der Waals surface area contributed by atoms with Crippen molar-refractivity contribution in [2.45, 2.75) is 13.3 Å². The number of aryl methyl sites for hydroxylation is 1. The van der Waals surface area contributed by atoms with E-state index in [-0.39, 0.29) is 5.75 Å². The molecule has 2 rings (SSSR count). The molecule has 0 amide bonds. The van der Waals surface area contributed by atoms with Crippen LogP contribution < -0.4 is 0 Å². The third-order valence-corrected chi connectivity index (χ3v) is 3.25. The van der Waals surface area contributed by atoms with Gasteiger partial charge in [-0.05, 0) is 23.9 Å². The van der Waals surface area contributed by atoms with Crippen LogP contribution in [0.15, 0.2) is 17.5 Å². The Morgan fingerprint density at radius 2 is 2.36 bits per heavy atom. The second kappa shape index (κ2) is 3.32. The number of phenolic OH excluding ortho intramolecular Hbond substituents is 1. The molecule has 0 spiro atoms. The number of nitrogens with zero attached hydrogens (tertiary/aromatic N) is 1. The molecule has 0 aliphatic heterocycles. The molecule has 0 unspecified atom stereocenters. The van der Waals surface area contributed by atoms with E-state index in [2.05, 4.69) is 6.07 Å². The standard InChI is InChI=1S/C11H9NOS/c1-2-8-9-3-4-14-11(9)7(6-12)5-10(8)13/h3-5,13H,2H2,1H3. The van der Waals surface area contributed by atoms with Crippen LogP contribution in [0.25, 0.3) is 10.1 Å². The predicted octanol–water partition coefficient (Wildman–Crippen LogP) is 3.04. The summed E-state index contributed by atoms with van der Waals surface area (Å²) in [5.41, 5.74) is 1.49. The van der Waals surface area contributed by atoms with Crippen molar-refractivity contribution < 1.29 is 5.11 Å². The number of fused-ring (bicyclic) bond motifs is 1. The zero-order chi connectivity index (χ0) is 10.1. The van der Waals surface area contributed by atoms with Gasteiger partial charge in [0.1, 0.15) is 11.8 Å². The zero-order valence-corrected chi connectivity index (χ0v) is 8.56. The van der Waals surface area contributed by atoms with Crippen LogP contribution in [-0.2, 0) is 6.42 Å². The van der Waals surface area contributed by atoms with Gasteiger partial charge in [0.2, 0.25) is 0 Å². The lowest BCUT2D eigenvalue weighted by Crippen LogP contribution is -1.85. The van der Waals surface area contributed by atoms with Crippen molar-refractivity contribution in [1.82, 2.24) is 0 Å². The van der Waals surface area contributed by atoms with Gasteiger partial charge in [-0.15, -0.1) is 11.3 Å². The minimum Gasteiger partial charge on any atom is -0.508 e. The molecule has 14 heavy (non-hydrogen) atoms. The lowest BCUT2D eigenvalue weighted by atomic mass is 10.0. The van der Waals surface area contributed by atoms with Crippen molar-refractivity contribution >= 4 is 21.4 Å². The minimum absolute atomic E-state index is 0.231. The lowest BCUT2D eigenvalue weighted by molar-refractivity contribution is 0.470. The van der Waals surface area contributed by atoms with E-state index in [1.165, 1.54) is 0 Å². The minimum atomic E-state index is 0.231. The Bertz CT molecular complexity index is 522. The fourth-order valence-corrected chi connectivity index (χ4v) is 2.53. The fourth-order valence-electron chi connectivity index (χ4n) is 1.64. The first-order chi connectivity index (χ1) is 6.77. The largest absolute Gasteiger partial charge is 0.508 e. The summed E-state index contributed by atoms with van der Waals surface area (Å²) < 4.78 is 0.974. The Hall–Kier alpha value is -1.53. The maximum absolute atomic E-state index is 9.69. The van der Waals surface area contributed by atoms with Gasteiger partial charge in [-0.2, -0.15) is 5.26 Å². The zero-order valence-electron chi connectivity index (χ0n) is 7.74. The first kappa shape index (κ1) is 9.04. The van der Waals surface area contributed by atoms with Crippen LogP contribution in [0.5, 0.6) is 5.75 Å². The smallest absolute Gasteiger partial charge is 0.120 e. The Morgan fingerprint density at radius 3 is 3.00 bits per heavy atom. The Balaban J connectivity index is 2.90. The number of phenols is 1. The monoisotopic (exact) mass is 203 g/mol. The molecule has 1 heterocycles. The molecule has 3 heteroatoms. The highest BCUT2D eigenvalue weighted by atomic mass is 32.1. The summed E-state index contributed by atoms with van der Waals surface area (Å²) in [5, 5.41) is 21.5. The molecule has 1 N–H and O–H groups in total. The fraction of sp³-hybridized carbons (Fsp3) is 0.182. The summed E-state index contributed by atoms with van der Waals surface area (Å²) in [4.78, 5) is 0. The van der Waals surface area contributed by atoms with Gasteiger partial charge >= 0.3 is 0 Å². The second-order valence-corrected chi connectivity index (χ2v) is 3.97. The van der Waals surface area contributed by atoms with Gasteiger partial charge in [0.25, 0.3) is 0 Å². The van der Waals surface area contributed by atoms with Gasteiger partial charge in [-0.3, -0.25) is 0 Å². The third kappa shape index (κ3) is 1.16. The first-order valence-electron chi connectivity index (χ1n) is 4.40. The van der Waals surface area contributed by atoms with Crippen LogP contribution in [0.3, 0.4) is 0 Å². The van der Waals surface area contributed by atoms with Crippen molar-refractivity contribution in [2.24, 2.45) is 0 Å². The number of hydrogen-bond donors (Lipinski definition) is 1. The molecule has 0 aliphatic rings. The Labute approximate surface area is 86.0 Å². The van der Waals surface area contributed by atoms with Crippen LogP contribution >= 0.6 is 11.3 Å². The van der Waals surface area contributed by atoms with Gasteiger partial charge < -0.3 is 5.11 Å². The Morgan fingerprint density at radius 1 is 1.57 bits per heavy atom. The van der Waals surface area contributed by atoms with Crippen LogP contribution in [-0.4, -0.2) is 5.11 Å². The van der Waals surface area contributed by atoms with Crippen LogP contribution in [0.2, 0.25) is 0 Å². The van der Waals surface area contributed by atoms with Crippen LogP contribution in [0.1, 0.15) is 18.1 Å². The molecule has 0 saturated heterocycles. The summed E-state index contributed by atoms with van der Waals surface area (Å²) in [7, 11) is 0. The third-order valence-electron chi connectivity index (χ3n) is 2.30. The van der Waals surface area contributed by atoms with Crippen molar-refractivity contribution in [3.63, 3.8) is 0 Å². The topological polar surface area (TPSA) is 44.0 Å². The van der Waals surface area contributed by atoms with E-state index >= 15 is 0 Å². The van der Waals surface area contributed by atoms with Gasteiger partial charge in [-0.1, -0.05) is 6.92 Å². The molecule has 0 saturated carbocycles. The van der Waals surface area contributed by atoms with E-state index in [4.69, 9.17) is 5.26 Å². The molecule has 0 bridgehead atoms. The summed E-state index contributed by atoms with van der Waals surface area (Å²) in [5.74, 6) is 0.231. The predicted molar refractivity (Wildman–Crippen MR) is 57.6 cm³/mol. The highest BCUT2D eigenvalue weighted by Crippen LogP contribution is 2.33.